The number of benzene rings is 1. The molecule has 1 radical (unpaired) electrons. The van der Waals surface area contributed by atoms with Crippen LogP contribution in [0.2, 0.25) is 5.02 Å². The fourth-order valence-electron chi connectivity index (χ4n) is 0.900. The van der Waals surface area contributed by atoms with Crippen LogP contribution in [0.4, 0.5) is 13.2 Å². The summed E-state index contributed by atoms with van der Waals surface area (Å²) in [6.45, 7) is -0.180. The van der Waals surface area contributed by atoms with E-state index in [-0.39, 0.29) is 11.6 Å². The van der Waals surface area contributed by atoms with Crippen LogP contribution in [0, 0.1) is 0 Å². The van der Waals surface area contributed by atoms with E-state index in [4.69, 9.17) is 17.3 Å². The van der Waals surface area contributed by atoms with Crippen molar-refractivity contribution in [3.8, 4) is 0 Å². The zero-order valence-corrected chi connectivity index (χ0v) is 7.21. The molecule has 0 atom stereocenters. The Morgan fingerprint density at radius 3 is 2.38 bits per heavy atom. The van der Waals surface area contributed by atoms with Crippen LogP contribution >= 0.6 is 11.6 Å². The third-order valence-corrected chi connectivity index (χ3v) is 1.87. The number of alkyl halides is 3. The lowest BCUT2D eigenvalue weighted by atomic mass is 10.1. The van der Waals surface area contributed by atoms with E-state index in [1.165, 1.54) is 6.07 Å². The molecule has 5 heteroatoms. The summed E-state index contributed by atoms with van der Waals surface area (Å²) in [4.78, 5) is 0. The molecular formula is C8H6ClF3N. The molecule has 0 fully saturated rings. The summed E-state index contributed by atoms with van der Waals surface area (Å²) in [5, 5.41) is -0.329. The van der Waals surface area contributed by atoms with Crippen LogP contribution in [0.25, 0.3) is 0 Å². The van der Waals surface area contributed by atoms with Crippen molar-refractivity contribution in [3.63, 3.8) is 0 Å². The molecule has 1 aromatic carbocycles. The van der Waals surface area contributed by atoms with Gasteiger partial charge in [-0.1, -0.05) is 17.7 Å². The predicted molar refractivity (Wildman–Crippen MR) is 43.3 cm³/mol. The molecule has 1 nitrogen and oxygen atoms in total. The smallest absolute Gasteiger partial charge is 0.253 e. The van der Waals surface area contributed by atoms with Crippen molar-refractivity contribution in [2.75, 3.05) is 0 Å². The standard InChI is InChI=1S/C8H6ClF3N/c9-7-2-1-5(4-13)3-6(7)8(10,11)12/h1-3,13H,4H2. The lowest BCUT2D eigenvalue weighted by molar-refractivity contribution is -0.137. The summed E-state index contributed by atoms with van der Waals surface area (Å²) < 4.78 is 36.7. The maximum atomic E-state index is 12.2. The van der Waals surface area contributed by atoms with Gasteiger partial charge in [-0.2, -0.15) is 13.2 Å². The highest BCUT2D eigenvalue weighted by Crippen LogP contribution is 2.34. The van der Waals surface area contributed by atoms with Crippen LogP contribution < -0.4 is 5.73 Å². The first-order valence-corrected chi connectivity index (χ1v) is 3.83. The maximum Gasteiger partial charge on any atom is 0.417 e. The Balaban J connectivity index is 3.19. The molecule has 0 saturated heterocycles. The second kappa shape index (κ2) is 3.55. The van der Waals surface area contributed by atoms with Crippen molar-refractivity contribution in [1.82, 2.24) is 5.73 Å². The van der Waals surface area contributed by atoms with Crippen LogP contribution in [0.1, 0.15) is 11.1 Å². The fraction of sp³-hybridized carbons (Fsp3) is 0.250. The number of halogens is 4. The van der Waals surface area contributed by atoms with Gasteiger partial charge in [-0.3, -0.25) is 5.73 Å². The zero-order chi connectivity index (χ0) is 10.1. The van der Waals surface area contributed by atoms with Crippen LogP contribution in [0.5, 0.6) is 0 Å². The van der Waals surface area contributed by atoms with Crippen molar-refractivity contribution < 1.29 is 13.2 Å². The lowest BCUT2D eigenvalue weighted by Crippen LogP contribution is -2.06. The molecular weight excluding hydrogens is 203 g/mol. The average Bonchev–Trinajstić information content (AvgIpc) is 2.03. The molecule has 71 valence electrons. The molecule has 0 aliphatic heterocycles. The van der Waals surface area contributed by atoms with Crippen LogP contribution in [-0.2, 0) is 12.7 Å². The summed E-state index contributed by atoms with van der Waals surface area (Å²) in [5.74, 6) is 0. The van der Waals surface area contributed by atoms with Gasteiger partial charge in [-0.15, -0.1) is 0 Å². The highest BCUT2D eigenvalue weighted by Gasteiger charge is 2.33. The normalized spacial score (nSPS) is 11.8. The van der Waals surface area contributed by atoms with Gasteiger partial charge in [-0.05, 0) is 17.7 Å². The van der Waals surface area contributed by atoms with Crippen molar-refractivity contribution in [3.05, 3.63) is 34.3 Å². The molecule has 0 heterocycles. The van der Waals surface area contributed by atoms with Gasteiger partial charge in [0.15, 0.2) is 0 Å². The molecule has 1 rings (SSSR count). The van der Waals surface area contributed by atoms with E-state index < -0.39 is 11.7 Å². The Morgan fingerprint density at radius 1 is 1.31 bits per heavy atom. The van der Waals surface area contributed by atoms with Crippen molar-refractivity contribution >= 4 is 11.6 Å². The molecule has 13 heavy (non-hydrogen) atoms. The van der Waals surface area contributed by atoms with Gasteiger partial charge in [-0.25, -0.2) is 0 Å². The van der Waals surface area contributed by atoms with Gasteiger partial charge in [0.1, 0.15) is 0 Å². The van der Waals surface area contributed by atoms with E-state index in [9.17, 15) is 13.2 Å². The molecule has 0 saturated carbocycles. The first-order valence-electron chi connectivity index (χ1n) is 3.45. The number of rotatable bonds is 1. The Bertz CT molecular complexity index is 309. The topological polar surface area (TPSA) is 23.8 Å². The lowest BCUT2D eigenvalue weighted by Gasteiger charge is -2.09. The molecule has 0 aliphatic rings. The van der Waals surface area contributed by atoms with E-state index in [1.807, 2.05) is 0 Å². The minimum atomic E-state index is -4.44. The SMILES string of the molecule is [NH]Cc1ccc(Cl)c(C(F)(F)F)c1. The molecule has 1 N–H and O–H groups in total. The van der Waals surface area contributed by atoms with E-state index in [0.717, 1.165) is 12.1 Å². The van der Waals surface area contributed by atoms with Gasteiger partial charge in [0.25, 0.3) is 0 Å². The largest absolute Gasteiger partial charge is 0.417 e. The Labute approximate surface area is 78.3 Å². The number of hydrogen-bond acceptors (Lipinski definition) is 0. The highest BCUT2D eigenvalue weighted by molar-refractivity contribution is 6.31. The van der Waals surface area contributed by atoms with Crippen LogP contribution in [0.15, 0.2) is 18.2 Å². The third kappa shape index (κ3) is 2.35. The molecule has 0 spiro atoms. The zero-order valence-electron chi connectivity index (χ0n) is 6.45. The molecule has 0 aromatic heterocycles. The maximum absolute atomic E-state index is 12.2. The molecule has 0 bridgehead atoms. The van der Waals surface area contributed by atoms with Crippen molar-refractivity contribution in [1.29, 1.82) is 0 Å². The second-order valence-electron chi connectivity index (χ2n) is 2.49. The monoisotopic (exact) mass is 208 g/mol. The molecule has 0 amide bonds. The van der Waals surface area contributed by atoms with Crippen molar-refractivity contribution in [2.45, 2.75) is 12.7 Å². The first kappa shape index (κ1) is 10.3. The molecule has 0 aliphatic carbocycles. The Kier molecular flexibility index (Phi) is 2.83. The average molecular weight is 209 g/mol. The van der Waals surface area contributed by atoms with Gasteiger partial charge in [0.2, 0.25) is 0 Å². The van der Waals surface area contributed by atoms with Crippen molar-refractivity contribution in [2.24, 2.45) is 0 Å². The summed E-state index contributed by atoms with van der Waals surface area (Å²) in [5.41, 5.74) is 6.33. The quantitative estimate of drug-likeness (QED) is 0.677. The highest BCUT2D eigenvalue weighted by atomic mass is 35.5. The summed E-state index contributed by atoms with van der Waals surface area (Å²) in [6, 6.07) is 3.47. The second-order valence-corrected chi connectivity index (χ2v) is 2.90. The fourth-order valence-corrected chi connectivity index (χ4v) is 1.12. The van der Waals surface area contributed by atoms with Gasteiger partial charge < -0.3 is 0 Å². The third-order valence-electron chi connectivity index (χ3n) is 1.54. The number of nitrogens with one attached hydrogen (secondary N) is 1. The van der Waals surface area contributed by atoms with E-state index in [2.05, 4.69) is 0 Å². The van der Waals surface area contributed by atoms with E-state index >= 15 is 0 Å². The molecule has 1 aromatic rings. The van der Waals surface area contributed by atoms with E-state index in [1.54, 1.807) is 0 Å². The Morgan fingerprint density at radius 2 is 1.92 bits per heavy atom. The minimum Gasteiger partial charge on any atom is -0.253 e. The van der Waals surface area contributed by atoms with Gasteiger partial charge >= 0.3 is 6.18 Å². The molecule has 0 unspecified atom stereocenters. The minimum absolute atomic E-state index is 0.180. The summed E-state index contributed by atoms with van der Waals surface area (Å²) >= 11 is 5.36. The van der Waals surface area contributed by atoms with Gasteiger partial charge in [0, 0.05) is 6.54 Å². The Hall–Kier alpha value is -0.740. The van der Waals surface area contributed by atoms with Crippen LogP contribution in [-0.4, -0.2) is 0 Å². The first-order chi connectivity index (χ1) is 5.95. The summed E-state index contributed by atoms with van der Waals surface area (Å²) in [7, 11) is 0. The number of hydrogen-bond donors (Lipinski definition) is 0. The van der Waals surface area contributed by atoms with E-state index in [0.29, 0.717) is 5.56 Å². The summed E-state index contributed by atoms with van der Waals surface area (Å²) in [6.07, 6.45) is -4.44. The van der Waals surface area contributed by atoms with Crippen LogP contribution in [0.3, 0.4) is 0 Å². The predicted octanol–water partition coefficient (Wildman–Crippen LogP) is 3.14. The van der Waals surface area contributed by atoms with Gasteiger partial charge in [0.05, 0.1) is 10.6 Å².